The van der Waals surface area contributed by atoms with Crippen LogP contribution < -0.4 is 0 Å². The number of hydrogen-bond donors (Lipinski definition) is 3. The minimum atomic E-state index is -0.822. The van der Waals surface area contributed by atoms with Crippen molar-refractivity contribution in [3.05, 3.63) is 29.8 Å². The number of aliphatic carboxylic acids is 1. The number of carboxylic acid groups (broad SMARTS) is 1. The first kappa shape index (κ1) is 11.9. The monoisotopic (exact) mass is 226 g/mol. The molecular weight excluding hydrogens is 212 g/mol. The van der Waals surface area contributed by atoms with E-state index in [2.05, 4.69) is 12.6 Å². The molecule has 0 spiro atoms. The van der Waals surface area contributed by atoms with Crippen LogP contribution in [0.1, 0.15) is 24.3 Å². The van der Waals surface area contributed by atoms with Crippen molar-refractivity contribution in [2.75, 3.05) is 5.75 Å². The summed E-state index contributed by atoms with van der Waals surface area (Å²) in [5.41, 5.74) is 0.772. The van der Waals surface area contributed by atoms with E-state index in [1.54, 1.807) is 18.2 Å². The van der Waals surface area contributed by atoms with Gasteiger partial charge in [-0.3, -0.25) is 4.79 Å². The highest BCUT2D eigenvalue weighted by Gasteiger charge is 2.14. The van der Waals surface area contributed by atoms with Gasteiger partial charge in [0.15, 0.2) is 0 Å². The Morgan fingerprint density at radius 2 is 2.07 bits per heavy atom. The number of carbonyl (C=O) groups is 1. The van der Waals surface area contributed by atoms with Crippen LogP contribution in [0.5, 0.6) is 5.75 Å². The highest BCUT2D eigenvalue weighted by molar-refractivity contribution is 7.80. The van der Waals surface area contributed by atoms with Gasteiger partial charge in [0.05, 0.1) is 0 Å². The van der Waals surface area contributed by atoms with Crippen molar-refractivity contribution in [1.82, 2.24) is 0 Å². The van der Waals surface area contributed by atoms with Crippen molar-refractivity contribution < 1.29 is 15.0 Å². The largest absolute Gasteiger partial charge is 0.508 e. The van der Waals surface area contributed by atoms with Crippen molar-refractivity contribution in [2.24, 2.45) is 0 Å². The Bertz CT molecular complexity index is 338. The summed E-state index contributed by atoms with van der Waals surface area (Å²) >= 11 is 4.17. The summed E-state index contributed by atoms with van der Waals surface area (Å²) < 4.78 is 0. The van der Waals surface area contributed by atoms with Crippen LogP contribution in [0.3, 0.4) is 0 Å². The van der Waals surface area contributed by atoms with E-state index in [1.807, 2.05) is 6.07 Å². The standard InChI is InChI=1S/C11H14O3S/c12-10-4-2-1-3-9(10)8(7-15)5-6-11(13)14/h1-4,8,12,15H,5-7H2,(H,13,14). The molecule has 0 aliphatic rings. The Balaban J connectivity index is 2.74. The van der Waals surface area contributed by atoms with E-state index in [0.717, 1.165) is 5.56 Å². The van der Waals surface area contributed by atoms with E-state index in [0.29, 0.717) is 12.2 Å². The van der Waals surface area contributed by atoms with Crippen molar-refractivity contribution in [1.29, 1.82) is 0 Å². The van der Waals surface area contributed by atoms with Gasteiger partial charge >= 0.3 is 5.97 Å². The summed E-state index contributed by atoms with van der Waals surface area (Å²) in [7, 11) is 0. The average Bonchev–Trinajstić information content (AvgIpc) is 2.21. The SMILES string of the molecule is O=C(O)CCC(CS)c1ccccc1O. The first-order valence-electron chi connectivity index (χ1n) is 4.75. The second-order valence-electron chi connectivity index (χ2n) is 3.37. The second-order valence-corrected chi connectivity index (χ2v) is 3.74. The fourth-order valence-electron chi connectivity index (χ4n) is 1.48. The van der Waals surface area contributed by atoms with Crippen molar-refractivity contribution in [3.63, 3.8) is 0 Å². The molecule has 0 bridgehead atoms. The number of thiol groups is 1. The Hall–Kier alpha value is -1.16. The number of phenols is 1. The number of phenolic OH excluding ortho intramolecular Hbond substituents is 1. The van der Waals surface area contributed by atoms with Crippen LogP contribution in [0.2, 0.25) is 0 Å². The van der Waals surface area contributed by atoms with E-state index in [1.165, 1.54) is 0 Å². The molecule has 0 fully saturated rings. The third kappa shape index (κ3) is 3.47. The molecule has 1 aromatic carbocycles. The van der Waals surface area contributed by atoms with Gasteiger partial charge in [0.25, 0.3) is 0 Å². The molecule has 82 valence electrons. The molecule has 0 aromatic heterocycles. The molecule has 4 heteroatoms. The smallest absolute Gasteiger partial charge is 0.303 e. The third-order valence-electron chi connectivity index (χ3n) is 2.30. The maximum Gasteiger partial charge on any atom is 0.303 e. The van der Waals surface area contributed by atoms with Crippen molar-refractivity contribution in [2.45, 2.75) is 18.8 Å². The Labute approximate surface area is 94.2 Å². The molecule has 3 nitrogen and oxygen atoms in total. The first-order valence-corrected chi connectivity index (χ1v) is 5.39. The molecule has 0 radical (unpaired) electrons. The lowest BCUT2D eigenvalue weighted by Crippen LogP contribution is -2.05. The topological polar surface area (TPSA) is 57.5 Å². The normalized spacial score (nSPS) is 12.3. The van der Waals surface area contributed by atoms with Gasteiger partial charge in [-0.2, -0.15) is 12.6 Å². The van der Waals surface area contributed by atoms with Gasteiger partial charge in [-0.1, -0.05) is 18.2 Å². The molecule has 1 atom stereocenters. The number of aromatic hydroxyl groups is 1. The quantitative estimate of drug-likeness (QED) is 0.675. The summed E-state index contributed by atoms with van der Waals surface area (Å²) in [6, 6.07) is 6.97. The van der Waals surface area contributed by atoms with Crippen LogP contribution in [0.4, 0.5) is 0 Å². The minimum absolute atomic E-state index is 0.00867. The lowest BCUT2D eigenvalue weighted by atomic mass is 9.95. The van der Waals surface area contributed by atoms with Gasteiger partial charge in [-0.05, 0) is 29.7 Å². The fourth-order valence-corrected chi connectivity index (χ4v) is 1.85. The van der Waals surface area contributed by atoms with E-state index in [4.69, 9.17) is 5.11 Å². The molecular formula is C11H14O3S. The molecule has 0 amide bonds. The third-order valence-corrected chi connectivity index (χ3v) is 2.74. The van der Waals surface area contributed by atoms with Crippen LogP contribution in [-0.4, -0.2) is 21.9 Å². The summed E-state index contributed by atoms with van der Waals surface area (Å²) in [5, 5.41) is 18.2. The number of carboxylic acids is 1. The molecule has 0 saturated carbocycles. The van der Waals surface area contributed by atoms with Gasteiger partial charge in [0, 0.05) is 6.42 Å². The van der Waals surface area contributed by atoms with Crippen LogP contribution in [0.15, 0.2) is 24.3 Å². The zero-order valence-corrected chi connectivity index (χ0v) is 9.15. The Morgan fingerprint density at radius 3 is 2.60 bits per heavy atom. The molecule has 0 aliphatic heterocycles. The van der Waals surface area contributed by atoms with Gasteiger partial charge in [0.2, 0.25) is 0 Å². The highest BCUT2D eigenvalue weighted by atomic mass is 32.1. The summed E-state index contributed by atoms with van der Waals surface area (Å²) in [5.74, 6) is -0.0880. The zero-order chi connectivity index (χ0) is 11.3. The number of hydrogen-bond acceptors (Lipinski definition) is 3. The van der Waals surface area contributed by atoms with E-state index in [9.17, 15) is 9.90 Å². The molecule has 0 heterocycles. The molecule has 0 saturated heterocycles. The van der Waals surface area contributed by atoms with Gasteiger partial charge < -0.3 is 10.2 Å². The molecule has 0 aliphatic carbocycles. The van der Waals surface area contributed by atoms with Gasteiger partial charge in [-0.15, -0.1) is 0 Å². The summed E-state index contributed by atoms with van der Waals surface area (Å²) in [4.78, 5) is 10.4. The lowest BCUT2D eigenvalue weighted by molar-refractivity contribution is -0.137. The van der Waals surface area contributed by atoms with Gasteiger partial charge in [-0.25, -0.2) is 0 Å². The lowest BCUT2D eigenvalue weighted by Gasteiger charge is -2.14. The van der Waals surface area contributed by atoms with Crippen LogP contribution in [0, 0.1) is 0 Å². The highest BCUT2D eigenvalue weighted by Crippen LogP contribution is 2.29. The Morgan fingerprint density at radius 1 is 1.40 bits per heavy atom. The van der Waals surface area contributed by atoms with E-state index in [-0.39, 0.29) is 18.1 Å². The molecule has 15 heavy (non-hydrogen) atoms. The number of rotatable bonds is 5. The summed E-state index contributed by atoms with van der Waals surface area (Å²) in [6.07, 6.45) is 0.593. The summed E-state index contributed by atoms with van der Waals surface area (Å²) in [6.45, 7) is 0. The maximum atomic E-state index is 10.4. The predicted octanol–water partition coefficient (Wildman–Crippen LogP) is 2.27. The molecule has 1 aromatic rings. The Kier molecular flexibility index (Phi) is 4.49. The molecule has 1 unspecified atom stereocenters. The van der Waals surface area contributed by atoms with Crippen molar-refractivity contribution in [3.8, 4) is 5.75 Å². The molecule has 1 rings (SSSR count). The predicted molar refractivity (Wildman–Crippen MR) is 61.6 cm³/mol. The number of para-hydroxylation sites is 1. The van der Waals surface area contributed by atoms with Gasteiger partial charge in [0.1, 0.15) is 5.75 Å². The second kappa shape index (κ2) is 5.66. The van der Waals surface area contributed by atoms with Crippen LogP contribution in [0.25, 0.3) is 0 Å². The average molecular weight is 226 g/mol. The van der Waals surface area contributed by atoms with Crippen LogP contribution in [-0.2, 0) is 4.79 Å². The van der Waals surface area contributed by atoms with Crippen LogP contribution >= 0.6 is 12.6 Å². The first-order chi connectivity index (χ1) is 7.15. The van der Waals surface area contributed by atoms with E-state index < -0.39 is 5.97 Å². The van der Waals surface area contributed by atoms with E-state index >= 15 is 0 Å². The number of benzene rings is 1. The van der Waals surface area contributed by atoms with Crippen molar-refractivity contribution >= 4 is 18.6 Å². The maximum absolute atomic E-state index is 10.4. The zero-order valence-electron chi connectivity index (χ0n) is 8.26. The minimum Gasteiger partial charge on any atom is -0.508 e. The fraction of sp³-hybridized carbons (Fsp3) is 0.364. The molecule has 2 N–H and O–H groups in total.